The predicted octanol–water partition coefficient (Wildman–Crippen LogP) is 14.6. The third-order valence-corrected chi connectivity index (χ3v) is 10.3. The smallest absolute Gasteiger partial charge is 0.234 e. The van der Waals surface area contributed by atoms with Gasteiger partial charge in [0.25, 0.3) is 5.82 Å². The van der Waals surface area contributed by atoms with Gasteiger partial charge in [0.15, 0.2) is 0 Å². The summed E-state index contributed by atoms with van der Waals surface area (Å²) in [6.45, 7) is 9.38. The quantitative estimate of drug-likeness (QED) is 0.0511. The van der Waals surface area contributed by atoms with Gasteiger partial charge in [0.2, 0.25) is 0 Å². The first kappa shape index (κ1) is 42.2. The van der Waals surface area contributed by atoms with E-state index in [9.17, 15) is 0 Å². The maximum atomic E-state index is 2.62. The first-order valence-corrected chi connectivity index (χ1v) is 21.4. The standard InChI is InChI=1S/C43H85N2/c1-4-7-10-12-14-16-18-20-22-23-24-26-28-30-32-34-36-38-43-44(39-9-6-3)41-42-45(43)40-37-35-33-31-29-27-25-21-19-17-15-13-11-8-5-2/h41-42H,4-40H2,1-3H3/q+1. The highest BCUT2D eigenvalue weighted by Crippen LogP contribution is 2.16. The van der Waals surface area contributed by atoms with Crippen molar-refractivity contribution in [3.8, 4) is 0 Å². The van der Waals surface area contributed by atoms with Crippen LogP contribution in [0.3, 0.4) is 0 Å². The van der Waals surface area contributed by atoms with E-state index in [0.29, 0.717) is 0 Å². The van der Waals surface area contributed by atoms with Gasteiger partial charge >= 0.3 is 0 Å². The molecule has 0 atom stereocenters. The average molecular weight is 630 g/mol. The van der Waals surface area contributed by atoms with Crippen molar-refractivity contribution in [3.63, 3.8) is 0 Å². The number of aryl methyl sites for hydroxylation is 2. The van der Waals surface area contributed by atoms with Crippen molar-refractivity contribution in [2.75, 3.05) is 0 Å². The van der Waals surface area contributed by atoms with Gasteiger partial charge in [-0.3, -0.25) is 0 Å². The molecule has 0 aromatic carbocycles. The molecule has 0 bridgehead atoms. The van der Waals surface area contributed by atoms with Crippen molar-refractivity contribution >= 4 is 0 Å². The van der Waals surface area contributed by atoms with Gasteiger partial charge in [0.1, 0.15) is 12.4 Å². The molecule has 0 unspecified atom stereocenters. The second kappa shape index (κ2) is 34.5. The molecule has 0 amide bonds. The molecule has 2 heteroatoms. The molecule has 0 aliphatic heterocycles. The molecule has 0 radical (unpaired) electrons. The molecule has 0 saturated heterocycles. The lowest BCUT2D eigenvalue weighted by molar-refractivity contribution is -0.704. The molecular weight excluding hydrogens is 544 g/mol. The minimum atomic E-state index is 1.21. The Morgan fingerprint density at radius 1 is 0.378 bits per heavy atom. The van der Waals surface area contributed by atoms with Crippen molar-refractivity contribution in [1.29, 1.82) is 0 Å². The van der Waals surface area contributed by atoms with Gasteiger partial charge < -0.3 is 0 Å². The highest BCUT2D eigenvalue weighted by Gasteiger charge is 2.16. The van der Waals surface area contributed by atoms with Crippen LogP contribution < -0.4 is 4.57 Å². The summed E-state index contributed by atoms with van der Waals surface area (Å²) < 4.78 is 5.20. The number of rotatable bonds is 37. The zero-order valence-electron chi connectivity index (χ0n) is 31.7. The summed E-state index contributed by atoms with van der Waals surface area (Å²) >= 11 is 0. The summed E-state index contributed by atoms with van der Waals surface area (Å²) in [6.07, 6.45) is 55.0. The maximum absolute atomic E-state index is 2.62. The van der Waals surface area contributed by atoms with Gasteiger partial charge in [-0.2, -0.15) is 0 Å². The van der Waals surface area contributed by atoms with Crippen molar-refractivity contribution in [3.05, 3.63) is 18.2 Å². The number of aromatic nitrogens is 2. The van der Waals surface area contributed by atoms with E-state index in [1.165, 1.54) is 238 Å². The SMILES string of the molecule is CCCCCCCCCCCCCCCCCCCc1n(CCCC)cc[n+]1CCCCCCCCCCCCCCCCC. The molecule has 0 aliphatic carbocycles. The highest BCUT2D eigenvalue weighted by atomic mass is 15.1. The van der Waals surface area contributed by atoms with Gasteiger partial charge in [0, 0.05) is 6.42 Å². The Morgan fingerprint density at radius 3 is 1.04 bits per heavy atom. The lowest BCUT2D eigenvalue weighted by Crippen LogP contribution is -2.37. The molecule has 0 saturated carbocycles. The molecular formula is C43H85N2+. The lowest BCUT2D eigenvalue weighted by Gasteiger charge is -2.07. The molecule has 266 valence electrons. The van der Waals surface area contributed by atoms with Gasteiger partial charge in [-0.05, 0) is 25.7 Å². The Morgan fingerprint density at radius 2 is 0.689 bits per heavy atom. The zero-order chi connectivity index (χ0) is 32.3. The first-order chi connectivity index (χ1) is 22.3. The Bertz CT molecular complexity index is 692. The summed E-state index contributed by atoms with van der Waals surface area (Å²) in [5.41, 5.74) is 0. The Labute approximate surface area is 285 Å². The molecule has 2 nitrogen and oxygen atoms in total. The molecule has 45 heavy (non-hydrogen) atoms. The second-order valence-corrected chi connectivity index (χ2v) is 14.8. The van der Waals surface area contributed by atoms with Crippen LogP contribution in [-0.2, 0) is 19.5 Å². The number of nitrogens with zero attached hydrogens (tertiary/aromatic N) is 2. The lowest BCUT2D eigenvalue weighted by atomic mass is 10.0. The minimum absolute atomic E-state index is 1.21. The summed E-state index contributed by atoms with van der Waals surface area (Å²) in [5.74, 6) is 1.61. The van der Waals surface area contributed by atoms with Crippen LogP contribution in [0.4, 0.5) is 0 Å². The third kappa shape index (κ3) is 26.9. The Kier molecular flexibility index (Phi) is 32.4. The third-order valence-electron chi connectivity index (χ3n) is 10.3. The van der Waals surface area contributed by atoms with Gasteiger partial charge in [-0.1, -0.05) is 213 Å². The van der Waals surface area contributed by atoms with Crippen LogP contribution in [0, 0.1) is 0 Å². The Hall–Kier alpha value is -0.790. The molecule has 1 aromatic heterocycles. The van der Waals surface area contributed by atoms with Crippen LogP contribution in [0.1, 0.15) is 245 Å². The summed E-state index contributed by atoms with van der Waals surface area (Å²) in [5, 5.41) is 0. The molecule has 0 spiro atoms. The average Bonchev–Trinajstić information content (AvgIpc) is 3.44. The van der Waals surface area contributed by atoms with Gasteiger partial charge in [-0.15, -0.1) is 0 Å². The van der Waals surface area contributed by atoms with E-state index < -0.39 is 0 Å². The van der Waals surface area contributed by atoms with Crippen LogP contribution in [0.25, 0.3) is 0 Å². The van der Waals surface area contributed by atoms with E-state index >= 15 is 0 Å². The van der Waals surface area contributed by atoms with E-state index in [0.717, 1.165) is 0 Å². The van der Waals surface area contributed by atoms with Crippen LogP contribution in [0.2, 0.25) is 0 Å². The highest BCUT2D eigenvalue weighted by molar-refractivity contribution is 4.84. The van der Waals surface area contributed by atoms with Crippen LogP contribution in [-0.4, -0.2) is 4.57 Å². The molecule has 1 rings (SSSR count). The predicted molar refractivity (Wildman–Crippen MR) is 202 cm³/mol. The molecule has 1 heterocycles. The number of hydrogen-bond acceptors (Lipinski definition) is 0. The fourth-order valence-electron chi connectivity index (χ4n) is 7.18. The van der Waals surface area contributed by atoms with Gasteiger partial charge in [0.05, 0.1) is 13.1 Å². The summed E-state index contributed by atoms with van der Waals surface area (Å²) in [7, 11) is 0. The molecule has 0 fully saturated rings. The van der Waals surface area contributed by atoms with E-state index in [1.54, 1.807) is 5.82 Å². The first-order valence-electron chi connectivity index (χ1n) is 21.4. The topological polar surface area (TPSA) is 8.81 Å². The molecule has 1 aromatic rings. The molecule has 0 aliphatic rings. The zero-order valence-corrected chi connectivity index (χ0v) is 31.7. The number of imidazole rings is 1. The summed E-state index contributed by atoms with van der Waals surface area (Å²) in [4.78, 5) is 0. The van der Waals surface area contributed by atoms with Crippen LogP contribution >= 0.6 is 0 Å². The number of hydrogen-bond donors (Lipinski definition) is 0. The van der Waals surface area contributed by atoms with Crippen molar-refractivity contribution in [1.82, 2.24) is 4.57 Å². The Balaban J connectivity index is 2.04. The van der Waals surface area contributed by atoms with Crippen molar-refractivity contribution in [2.45, 2.75) is 259 Å². The van der Waals surface area contributed by atoms with Crippen LogP contribution in [0.15, 0.2) is 12.4 Å². The fourth-order valence-corrected chi connectivity index (χ4v) is 7.18. The second-order valence-electron chi connectivity index (χ2n) is 14.8. The fraction of sp³-hybridized carbons (Fsp3) is 0.930. The molecule has 0 N–H and O–H groups in total. The largest absolute Gasteiger partial charge is 0.256 e. The monoisotopic (exact) mass is 630 g/mol. The summed E-state index contributed by atoms with van der Waals surface area (Å²) in [6, 6.07) is 0. The van der Waals surface area contributed by atoms with E-state index in [2.05, 4.69) is 42.3 Å². The number of unbranched alkanes of at least 4 members (excludes halogenated alkanes) is 31. The van der Waals surface area contributed by atoms with Crippen molar-refractivity contribution in [2.24, 2.45) is 0 Å². The van der Waals surface area contributed by atoms with Gasteiger partial charge in [-0.25, -0.2) is 9.13 Å². The van der Waals surface area contributed by atoms with Crippen molar-refractivity contribution < 1.29 is 4.57 Å². The van der Waals surface area contributed by atoms with E-state index in [4.69, 9.17) is 0 Å². The minimum Gasteiger partial charge on any atom is -0.234 e. The normalized spacial score (nSPS) is 11.6. The maximum Gasteiger partial charge on any atom is 0.256 e. The van der Waals surface area contributed by atoms with Crippen LogP contribution in [0.5, 0.6) is 0 Å². The van der Waals surface area contributed by atoms with E-state index in [-0.39, 0.29) is 0 Å². The van der Waals surface area contributed by atoms with E-state index in [1.807, 2.05) is 0 Å².